The molecule has 106 valence electrons. The van der Waals surface area contributed by atoms with Crippen LogP contribution in [0.5, 0.6) is 5.75 Å². The smallest absolute Gasteiger partial charge is 0.387 e. The number of Topliss-reactive ketones (excluding diaryl/α,β-unsaturated/α-hetero) is 1. The maximum Gasteiger partial charge on any atom is 0.387 e. The largest absolute Gasteiger partial charge is 0.435 e. The van der Waals surface area contributed by atoms with E-state index in [1.165, 1.54) is 12.1 Å². The molecular weight excluding hydrogens is 250 g/mol. The number of rotatable bonds is 8. The molecule has 4 heteroatoms. The van der Waals surface area contributed by atoms with E-state index in [-0.39, 0.29) is 17.5 Å². The van der Waals surface area contributed by atoms with Gasteiger partial charge in [-0.1, -0.05) is 38.8 Å². The lowest BCUT2D eigenvalue weighted by atomic mass is 9.90. The molecule has 0 bridgehead atoms. The molecule has 0 heterocycles. The Morgan fingerprint density at radius 3 is 2.63 bits per heavy atom. The zero-order valence-electron chi connectivity index (χ0n) is 11.4. The van der Waals surface area contributed by atoms with Crippen LogP contribution >= 0.6 is 0 Å². The van der Waals surface area contributed by atoms with Crippen LogP contribution in [-0.2, 0) is 0 Å². The Hall–Kier alpha value is -1.45. The number of alkyl halides is 2. The monoisotopic (exact) mass is 270 g/mol. The van der Waals surface area contributed by atoms with E-state index in [2.05, 4.69) is 11.7 Å². The maximum absolute atomic E-state index is 12.3. The second-order valence-electron chi connectivity index (χ2n) is 4.52. The van der Waals surface area contributed by atoms with Gasteiger partial charge in [-0.05, 0) is 25.0 Å². The van der Waals surface area contributed by atoms with Gasteiger partial charge in [0.15, 0.2) is 5.78 Å². The average Bonchev–Trinajstić information content (AvgIpc) is 2.39. The molecule has 19 heavy (non-hydrogen) atoms. The zero-order chi connectivity index (χ0) is 14.3. The molecule has 0 saturated heterocycles. The van der Waals surface area contributed by atoms with Gasteiger partial charge in [-0.2, -0.15) is 8.78 Å². The summed E-state index contributed by atoms with van der Waals surface area (Å²) in [5.41, 5.74) is 0.445. The Morgan fingerprint density at radius 2 is 2.05 bits per heavy atom. The molecule has 0 saturated carbocycles. The topological polar surface area (TPSA) is 26.3 Å². The lowest BCUT2D eigenvalue weighted by Crippen LogP contribution is -2.14. The summed E-state index contributed by atoms with van der Waals surface area (Å²) in [5.74, 6) is 0.00334. The van der Waals surface area contributed by atoms with Gasteiger partial charge < -0.3 is 4.74 Å². The van der Waals surface area contributed by atoms with E-state index >= 15 is 0 Å². The highest BCUT2D eigenvalue weighted by Crippen LogP contribution is 2.22. The summed E-state index contributed by atoms with van der Waals surface area (Å²) >= 11 is 0. The summed E-state index contributed by atoms with van der Waals surface area (Å²) in [7, 11) is 0. The quantitative estimate of drug-likeness (QED) is 0.641. The van der Waals surface area contributed by atoms with Crippen LogP contribution in [0.25, 0.3) is 0 Å². The van der Waals surface area contributed by atoms with E-state index in [0.29, 0.717) is 5.56 Å². The first kappa shape index (κ1) is 15.6. The lowest BCUT2D eigenvalue weighted by molar-refractivity contribution is -0.0498. The number of unbranched alkanes of at least 4 members (excludes halogenated alkanes) is 1. The van der Waals surface area contributed by atoms with Gasteiger partial charge >= 0.3 is 6.61 Å². The van der Waals surface area contributed by atoms with E-state index in [1.807, 2.05) is 6.92 Å². The summed E-state index contributed by atoms with van der Waals surface area (Å²) in [6.45, 7) is 1.18. The van der Waals surface area contributed by atoms with Crippen LogP contribution in [0.2, 0.25) is 0 Å². The summed E-state index contributed by atoms with van der Waals surface area (Å²) in [6.07, 6.45) is 3.64. The molecule has 0 aliphatic heterocycles. The summed E-state index contributed by atoms with van der Waals surface area (Å²) in [4.78, 5) is 12.3. The molecule has 0 amide bonds. The van der Waals surface area contributed by atoms with E-state index in [1.54, 1.807) is 12.1 Å². The first-order chi connectivity index (χ1) is 9.08. The van der Waals surface area contributed by atoms with Gasteiger partial charge in [0.2, 0.25) is 0 Å². The van der Waals surface area contributed by atoms with Crippen molar-refractivity contribution in [2.45, 2.75) is 46.1 Å². The predicted molar refractivity (Wildman–Crippen MR) is 70.7 cm³/mol. The van der Waals surface area contributed by atoms with Crippen LogP contribution in [0.4, 0.5) is 8.78 Å². The first-order valence-electron chi connectivity index (χ1n) is 6.67. The molecule has 0 N–H and O–H groups in total. The van der Waals surface area contributed by atoms with Crippen molar-refractivity contribution in [3.8, 4) is 5.75 Å². The number of carbonyl (C=O) groups is 1. The number of hydrogen-bond acceptors (Lipinski definition) is 2. The molecule has 0 aliphatic rings. The van der Waals surface area contributed by atoms with Crippen molar-refractivity contribution in [2.24, 2.45) is 5.92 Å². The average molecular weight is 270 g/mol. The van der Waals surface area contributed by atoms with Crippen molar-refractivity contribution >= 4 is 5.78 Å². The number of benzene rings is 1. The number of ether oxygens (including phenoxy) is 1. The zero-order valence-corrected chi connectivity index (χ0v) is 11.4. The fourth-order valence-corrected chi connectivity index (χ4v) is 2.03. The van der Waals surface area contributed by atoms with Gasteiger partial charge in [-0.25, -0.2) is 0 Å². The van der Waals surface area contributed by atoms with Crippen molar-refractivity contribution in [2.75, 3.05) is 0 Å². The standard InChI is InChI=1S/C15H20F2O2/c1-3-5-7-11(4-2)14(18)12-8-6-9-13(10-12)19-15(16)17/h6,8-11,15H,3-5,7H2,1-2H3. The Morgan fingerprint density at radius 1 is 1.32 bits per heavy atom. The molecule has 1 atom stereocenters. The summed E-state index contributed by atoms with van der Waals surface area (Å²) in [5, 5.41) is 0. The molecule has 0 aliphatic carbocycles. The van der Waals surface area contributed by atoms with Gasteiger partial charge in [0.25, 0.3) is 0 Å². The molecule has 0 aromatic heterocycles. The van der Waals surface area contributed by atoms with Crippen LogP contribution in [0.15, 0.2) is 24.3 Å². The minimum atomic E-state index is -2.87. The van der Waals surface area contributed by atoms with Crippen LogP contribution in [0, 0.1) is 5.92 Å². The van der Waals surface area contributed by atoms with Gasteiger partial charge in [0, 0.05) is 11.5 Å². The molecule has 1 unspecified atom stereocenters. The van der Waals surface area contributed by atoms with Crippen molar-refractivity contribution in [1.29, 1.82) is 0 Å². The van der Waals surface area contributed by atoms with Crippen LogP contribution < -0.4 is 4.74 Å². The van der Waals surface area contributed by atoms with Crippen molar-refractivity contribution in [3.05, 3.63) is 29.8 Å². The third-order valence-electron chi connectivity index (χ3n) is 3.11. The second-order valence-corrected chi connectivity index (χ2v) is 4.52. The second kappa shape index (κ2) is 7.87. The van der Waals surface area contributed by atoms with Gasteiger partial charge in [-0.3, -0.25) is 4.79 Å². The molecule has 0 radical (unpaired) electrons. The molecule has 1 aromatic carbocycles. The summed E-state index contributed by atoms with van der Waals surface area (Å²) in [6, 6.07) is 6.03. The van der Waals surface area contributed by atoms with Crippen molar-refractivity contribution in [3.63, 3.8) is 0 Å². The van der Waals surface area contributed by atoms with Gasteiger partial charge in [-0.15, -0.1) is 0 Å². The van der Waals surface area contributed by atoms with E-state index < -0.39 is 6.61 Å². The Bertz CT molecular complexity index is 405. The van der Waals surface area contributed by atoms with Crippen LogP contribution in [0.1, 0.15) is 49.9 Å². The van der Waals surface area contributed by atoms with E-state index in [9.17, 15) is 13.6 Å². The number of carbonyl (C=O) groups excluding carboxylic acids is 1. The third kappa shape index (κ3) is 4.97. The Balaban J connectivity index is 2.79. The third-order valence-corrected chi connectivity index (χ3v) is 3.11. The van der Waals surface area contributed by atoms with Gasteiger partial charge in [0.1, 0.15) is 5.75 Å². The molecule has 1 rings (SSSR count). The number of ketones is 1. The van der Waals surface area contributed by atoms with Gasteiger partial charge in [0.05, 0.1) is 0 Å². The Labute approximate surface area is 112 Å². The Kier molecular flexibility index (Phi) is 6.46. The minimum Gasteiger partial charge on any atom is -0.435 e. The summed E-state index contributed by atoms with van der Waals surface area (Å²) < 4.78 is 28.6. The molecular formula is C15H20F2O2. The predicted octanol–water partition coefficient (Wildman–Crippen LogP) is 4.69. The van der Waals surface area contributed by atoms with Crippen molar-refractivity contribution in [1.82, 2.24) is 0 Å². The SMILES string of the molecule is CCCCC(CC)C(=O)c1cccc(OC(F)F)c1. The van der Waals surface area contributed by atoms with E-state index in [0.717, 1.165) is 25.7 Å². The highest BCUT2D eigenvalue weighted by molar-refractivity contribution is 5.98. The van der Waals surface area contributed by atoms with Crippen molar-refractivity contribution < 1.29 is 18.3 Å². The molecule has 0 spiro atoms. The van der Waals surface area contributed by atoms with E-state index in [4.69, 9.17) is 0 Å². The highest BCUT2D eigenvalue weighted by atomic mass is 19.3. The normalized spacial score (nSPS) is 12.5. The first-order valence-corrected chi connectivity index (χ1v) is 6.67. The molecule has 1 aromatic rings. The lowest BCUT2D eigenvalue weighted by Gasteiger charge is -2.14. The minimum absolute atomic E-state index is 0.00988. The highest BCUT2D eigenvalue weighted by Gasteiger charge is 2.18. The van der Waals surface area contributed by atoms with Crippen LogP contribution in [-0.4, -0.2) is 12.4 Å². The maximum atomic E-state index is 12.3. The number of hydrogen-bond donors (Lipinski definition) is 0. The number of halogens is 2. The molecule has 2 nitrogen and oxygen atoms in total. The fourth-order valence-electron chi connectivity index (χ4n) is 2.03. The van der Waals surface area contributed by atoms with Crippen LogP contribution in [0.3, 0.4) is 0 Å². The molecule has 0 fully saturated rings. The fraction of sp³-hybridized carbons (Fsp3) is 0.533.